The number of hydrogen-bond acceptors (Lipinski definition) is 3. The molecule has 1 nitrogen and oxygen atoms in total. The Kier molecular flexibility index (Phi) is 4.57. The van der Waals surface area contributed by atoms with Crippen molar-refractivity contribution >= 4 is 22.7 Å². The summed E-state index contributed by atoms with van der Waals surface area (Å²) in [5, 5.41) is 10.1. The van der Waals surface area contributed by atoms with Gasteiger partial charge in [-0.25, -0.2) is 0 Å². The Hall–Kier alpha value is -0.640. The fraction of sp³-hybridized carbons (Fsp3) is 0.385. The summed E-state index contributed by atoms with van der Waals surface area (Å²) in [5.74, 6) is 0. The minimum absolute atomic E-state index is 1.02. The van der Waals surface area contributed by atoms with Crippen LogP contribution in [0.25, 0.3) is 0 Å². The van der Waals surface area contributed by atoms with Crippen LogP contribution >= 0.6 is 22.7 Å². The Morgan fingerprint density at radius 2 is 2.19 bits per heavy atom. The second-order valence-electron chi connectivity index (χ2n) is 3.78. The fourth-order valence-corrected chi connectivity index (χ4v) is 3.36. The second-order valence-corrected chi connectivity index (χ2v) is 5.56. The Balaban J connectivity index is 1.72. The third kappa shape index (κ3) is 3.17. The smallest absolute Gasteiger partial charge is 0.0302 e. The highest BCUT2D eigenvalue weighted by Crippen LogP contribution is 2.16. The molecule has 0 saturated carbocycles. The molecule has 0 spiro atoms. The van der Waals surface area contributed by atoms with Gasteiger partial charge in [-0.05, 0) is 58.8 Å². The van der Waals surface area contributed by atoms with E-state index in [1.165, 1.54) is 16.0 Å². The molecule has 0 atom stereocenters. The molecule has 0 aliphatic rings. The van der Waals surface area contributed by atoms with Gasteiger partial charge in [0, 0.05) is 11.4 Å². The maximum absolute atomic E-state index is 3.52. The monoisotopic (exact) mass is 251 g/mol. The number of thiophene rings is 2. The van der Waals surface area contributed by atoms with E-state index in [1.807, 2.05) is 11.3 Å². The molecule has 2 aromatic heterocycles. The summed E-state index contributed by atoms with van der Waals surface area (Å²) < 4.78 is 0. The summed E-state index contributed by atoms with van der Waals surface area (Å²) >= 11 is 3.64. The molecule has 1 N–H and O–H groups in total. The third-order valence-electron chi connectivity index (χ3n) is 2.67. The third-order valence-corrected chi connectivity index (χ3v) is 4.37. The number of aryl methyl sites for hydroxylation is 1. The van der Waals surface area contributed by atoms with Crippen LogP contribution in [0.15, 0.2) is 28.3 Å². The summed E-state index contributed by atoms with van der Waals surface area (Å²) in [6.07, 6.45) is 2.28. The van der Waals surface area contributed by atoms with Crippen molar-refractivity contribution < 1.29 is 0 Å². The molecule has 16 heavy (non-hydrogen) atoms. The largest absolute Gasteiger partial charge is 0.312 e. The van der Waals surface area contributed by atoms with Crippen molar-refractivity contribution in [1.82, 2.24) is 5.32 Å². The molecule has 0 radical (unpaired) electrons. The van der Waals surface area contributed by atoms with Gasteiger partial charge in [0.05, 0.1) is 0 Å². The first-order chi connectivity index (χ1) is 7.90. The van der Waals surface area contributed by atoms with Crippen molar-refractivity contribution in [1.29, 1.82) is 0 Å². The minimum atomic E-state index is 1.02. The molecule has 2 aromatic rings. The fourth-order valence-electron chi connectivity index (χ4n) is 1.71. The van der Waals surface area contributed by atoms with Crippen molar-refractivity contribution in [2.75, 3.05) is 6.54 Å². The van der Waals surface area contributed by atoms with Crippen LogP contribution in [0.1, 0.15) is 22.9 Å². The van der Waals surface area contributed by atoms with Crippen LogP contribution in [0.3, 0.4) is 0 Å². The highest BCUT2D eigenvalue weighted by atomic mass is 32.1. The second kappa shape index (κ2) is 6.18. The molecule has 86 valence electrons. The average Bonchev–Trinajstić information content (AvgIpc) is 2.95. The van der Waals surface area contributed by atoms with E-state index in [1.54, 1.807) is 11.3 Å². The number of nitrogens with one attached hydrogen (secondary N) is 1. The molecule has 0 aliphatic carbocycles. The molecule has 3 heteroatoms. The van der Waals surface area contributed by atoms with E-state index >= 15 is 0 Å². The molecule has 0 aliphatic heterocycles. The Morgan fingerprint density at radius 3 is 2.94 bits per heavy atom. The average molecular weight is 251 g/mol. The first-order valence-corrected chi connectivity index (χ1v) is 7.49. The van der Waals surface area contributed by atoms with Gasteiger partial charge in [-0.15, -0.1) is 11.3 Å². The van der Waals surface area contributed by atoms with E-state index in [-0.39, 0.29) is 0 Å². The zero-order chi connectivity index (χ0) is 11.2. The molecular formula is C13H17NS2. The van der Waals surface area contributed by atoms with Crippen molar-refractivity contribution in [2.24, 2.45) is 0 Å². The van der Waals surface area contributed by atoms with Gasteiger partial charge in [-0.3, -0.25) is 0 Å². The van der Waals surface area contributed by atoms with E-state index in [9.17, 15) is 0 Å². The molecule has 0 fully saturated rings. The van der Waals surface area contributed by atoms with Gasteiger partial charge >= 0.3 is 0 Å². The van der Waals surface area contributed by atoms with Gasteiger partial charge in [-0.1, -0.05) is 6.92 Å². The van der Waals surface area contributed by atoms with Crippen LogP contribution in [0, 0.1) is 0 Å². The van der Waals surface area contributed by atoms with Crippen molar-refractivity contribution in [3.05, 3.63) is 44.3 Å². The highest BCUT2D eigenvalue weighted by molar-refractivity contribution is 7.10. The van der Waals surface area contributed by atoms with Crippen LogP contribution < -0.4 is 5.32 Å². The summed E-state index contributed by atoms with van der Waals surface area (Å²) in [6.45, 7) is 4.31. The van der Waals surface area contributed by atoms with Crippen LogP contribution in [-0.2, 0) is 19.4 Å². The lowest BCUT2D eigenvalue weighted by Crippen LogP contribution is -2.16. The Morgan fingerprint density at radius 1 is 1.25 bits per heavy atom. The van der Waals surface area contributed by atoms with Gasteiger partial charge in [0.2, 0.25) is 0 Å². The summed E-state index contributed by atoms with van der Waals surface area (Å²) in [6, 6.07) is 4.44. The standard InChI is InChI=1S/C13H17NS2/c1-2-12-5-8-16-13(12)9-14-6-3-11-4-7-15-10-11/h4-5,7-8,10,14H,2-3,6,9H2,1H3. The molecule has 0 amide bonds. The predicted octanol–water partition coefficient (Wildman–Crippen LogP) is 3.70. The van der Waals surface area contributed by atoms with Crippen LogP contribution in [0.5, 0.6) is 0 Å². The predicted molar refractivity (Wildman–Crippen MR) is 73.4 cm³/mol. The lowest BCUT2D eigenvalue weighted by Gasteiger charge is -2.04. The molecule has 0 bridgehead atoms. The summed E-state index contributed by atoms with van der Waals surface area (Å²) in [7, 11) is 0. The topological polar surface area (TPSA) is 12.0 Å². The van der Waals surface area contributed by atoms with Gasteiger partial charge < -0.3 is 5.32 Å². The van der Waals surface area contributed by atoms with Crippen LogP contribution in [0.4, 0.5) is 0 Å². The van der Waals surface area contributed by atoms with Crippen molar-refractivity contribution in [3.63, 3.8) is 0 Å². The van der Waals surface area contributed by atoms with E-state index in [0.29, 0.717) is 0 Å². The lowest BCUT2D eigenvalue weighted by molar-refractivity contribution is 0.691. The zero-order valence-electron chi connectivity index (χ0n) is 9.53. The van der Waals surface area contributed by atoms with E-state index in [0.717, 1.165) is 25.9 Å². The summed E-state index contributed by atoms with van der Waals surface area (Å²) in [4.78, 5) is 1.49. The Labute approximate surface area is 105 Å². The highest BCUT2D eigenvalue weighted by Gasteiger charge is 2.01. The van der Waals surface area contributed by atoms with Gasteiger partial charge in [0.15, 0.2) is 0 Å². The maximum Gasteiger partial charge on any atom is 0.0302 e. The van der Waals surface area contributed by atoms with Gasteiger partial charge in [0.25, 0.3) is 0 Å². The van der Waals surface area contributed by atoms with E-state index in [4.69, 9.17) is 0 Å². The van der Waals surface area contributed by atoms with Crippen LogP contribution in [0.2, 0.25) is 0 Å². The molecule has 0 aromatic carbocycles. The SMILES string of the molecule is CCc1ccsc1CNCCc1ccsc1. The first kappa shape index (κ1) is 11.8. The van der Waals surface area contributed by atoms with Crippen molar-refractivity contribution in [2.45, 2.75) is 26.3 Å². The minimum Gasteiger partial charge on any atom is -0.312 e. The number of hydrogen-bond donors (Lipinski definition) is 1. The molecule has 0 saturated heterocycles. The molecular weight excluding hydrogens is 234 g/mol. The van der Waals surface area contributed by atoms with E-state index < -0.39 is 0 Å². The normalized spacial score (nSPS) is 10.8. The summed E-state index contributed by atoms with van der Waals surface area (Å²) in [5.41, 5.74) is 2.94. The molecule has 2 heterocycles. The van der Waals surface area contributed by atoms with Gasteiger partial charge in [-0.2, -0.15) is 11.3 Å². The lowest BCUT2D eigenvalue weighted by atomic mass is 10.2. The Bertz CT molecular complexity index is 403. The number of rotatable bonds is 6. The first-order valence-electron chi connectivity index (χ1n) is 5.67. The molecule has 0 unspecified atom stereocenters. The quantitative estimate of drug-likeness (QED) is 0.772. The van der Waals surface area contributed by atoms with Gasteiger partial charge in [0.1, 0.15) is 0 Å². The zero-order valence-corrected chi connectivity index (χ0v) is 11.2. The van der Waals surface area contributed by atoms with Crippen molar-refractivity contribution in [3.8, 4) is 0 Å². The van der Waals surface area contributed by atoms with E-state index in [2.05, 4.69) is 40.5 Å². The maximum atomic E-state index is 3.52. The molecule has 2 rings (SSSR count). The van der Waals surface area contributed by atoms with Crippen LogP contribution in [-0.4, -0.2) is 6.54 Å².